The van der Waals surface area contributed by atoms with E-state index < -0.39 is 24.3 Å². The van der Waals surface area contributed by atoms with Gasteiger partial charge >= 0.3 is 12.0 Å². The molecule has 1 aliphatic heterocycles. The number of hydrogen-bond donors (Lipinski definition) is 4. The van der Waals surface area contributed by atoms with Crippen LogP contribution in [0.15, 0.2) is 75.4 Å². The zero-order chi connectivity index (χ0) is 33.2. The Hall–Kier alpha value is -4.75. The molecule has 2 amide bonds. The number of ether oxygens (including phenoxy) is 5. The fourth-order valence-electron chi connectivity index (χ4n) is 4.58. The van der Waals surface area contributed by atoms with Crippen LogP contribution in [0, 0.1) is 6.92 Å². The molecule has 0 aromatic heterocycles. The molecular weight excluding hydrogens is 660 g/mol. The molecule has 244 valence electrons. The van der Waals surface area contributed by atoms with Crippen LogP contribution in [0.3, 0.4) is 0 Å². The Labute approximate surface area is 275 Å². The van der Waals surface area contributed by atoms with E-state index in [-0.39, 0.29) is 12.2 Å². The van der Waals surface area contributed by atoms with Gasteiger partial charge in [-0.15, -0.1) is 0 Å². The van der Waals surface area contributed by atoms with Gasteiger partial charge in [0.05, 0.1) is 38.7 Å². The second-order valence-corrected chi connectivity index (χ2v) is 11.1. The Morgan fingerprint density at radius 1 is 1.02 bits per heavy atom. The molecule has 0 saturated carbocycles. The first kappa shape index (κ1) is 34.1. The Morgan fingerprint density at radius 2 is 1.76 bits per heavy atom. The first-order valence-corrected chi connectivity index (χ1v) is 15.2. The first-order valence-electron chi connectivity index (χ1n) is 14.4. The number of allylic oxidation sites excluding steroid dienone is 1. The maximum absolute atomic E-state index is 12.5. The van der Waals surface area contributed by atoms with E-state index in [1.165, 1.54) is 18.9 Å². The second-order valence-electron chi connectivity index (χ2n) is 10.2. The molecule has 0 spiro atoms. The summed E-state index contributed by atoms with van der Waals surface area (Å²) in [7, 11) is 2.83. The maximum Gasteiger partial charge on any atom is 0.337 e. The largest absolute Gasteiger partial charge is 0.493 e. The van der Waals surface area contributed by atoms with Crippen LogP contribution in [0.25, 0.3) is 0 Å². The number of nitrogens with one attached hydrogen (secondary N) is 3. The molecule has 0 aliphatic carbocycles. The van der Waals surface area contributed by atoms with Crippen LogP contribution in [0.4, 0.5) is 4.79 Å². The average Bonchev–Trinajstić information content (AvgIpc) is 3.04. The van der Waals surface area contributed by atoms with Crippen LogP contribution in [0.1, 0.15) is 42.1 Å². The van der Waals surface area contributed by atoms with E-state index in [1.54, 1.807) is 44.4 Å². The summed E-state index contributed by atoms with van der Waals surface area (Å²) in [5.41, 5.74) is 6.78. The van der Waals surface area contributed by atoms with Gasteiger partial charge in [-0.1, -0.05) is 35.9 Å². The average molecular weight is 698 g/mol. The van der Waals surface area contributed by atoms with Gasteiger partial charge in [-0.3, -0.25) is 5.43 Å². The fourth-order valence-corrected chi connectivity index (χ4v) is 5.01. The topological polar surface area (TPSA) is 149 Å². The van der Waals surface area contributed by atoms with E-state index in [0.717, 1.165) is 10.0 Å². The minimum Gasteiger partial charge on any atom is -0.493 e. The van der Waals surface area contributed by atoms with Crippen LogP contribution in [0.2, 0.25) is 0 Å². The number of hydrogen-bond acceptors (Lipinski definition) is 10. The van der Waals surface area contributed by atoms with Crippen LogP contribution < -0.4 is 35.0 Å². The lowest BCUT2D eigenvalue weighted by molar-refractivity contribution is -0.136. The van der Waals surface area contributed by atoms with E-state index in [0.29, 0.717) is 53.0 Å². The molecule has 4 N–H and O–H groups in total. The lowest BCUT2D eigenvalue weighted by atomic mass is 9.95. The number of aryl methyl sites for hydroxylation is 1. The molecule has 1 heterocycles. The number of benzene rings is 3. The molecule has 4 rings (SSSR count). The zero-order valence-electron chi connectivity index (χ0n) is 26.2. The molecule has 0 unspecified atom stereocenters. The van der Waals surface area contributed by atoms with Gasteiger partial charge in [-0.05, 0) is 72.1 Å². The van der Waals surface area contributed by atoms with E-state index in [9.17, 15) is 14.7 Å². The number of rotatable bonds is 14. The quantitative estimate of drug-likeness (QED) is 0.0802. The number of esters is 1. The highest BCUT2D eigenvalue weighted by Gasteiger charge is 2.32. The van der Waals surface area contributed by atoms with Crippen molar-refractivity contribution in [3.63, 3.8) is 0 Å². The van der Waals surface area contributed by atoms with Crippen molar-refractivity contribution in [2.45, 2.75) is 39.6 Å². The highest BCUT2D eigenvalue weighted by molar-refractivity contribution is 9.10. The summed E-state index contributed by atoms with van der Waals surface area (Å²) >= 11 is 3.54. The number of aliphatic hydroxyl groups excluding tert-OH is 1. The smallest absolute Gasteiger partial charge is 0.337 e. The van der Waals surface area contributed by atoms with Gasteiger partial charge in [0.2, 0.25) is 0 Å². The van der Waals surface area contributed by atoms with E-state index in [1.807, 2.05) is 38.1 Å². The van der Waals surface area contributed by atoms with Crippen molar-refractivity contribution in [3.8, 4) is 23.0 Å². The summed E-state index contributed by atoms with van der Waals surface area (Å²) in [6, 6.07) is 15.5. The normalized spacial score (nSPS) is 15.1. The predicted molar refractivity (Wildman–Crippen MR) is 175 cm³/mol. The third-order valence-electron chi connectivity index (χ3n) is 6.90. The van der Waals surface area contributed by atoms with Crippen molar-refractivity contribution in [2.24, 2.45) is 5.10 Å². The minimum absolute atomic E-state index is 0.163. The van der Waals surface area contributed by atoms with Crippen molar-refractivity contribution in [2.75, 3.05) is 27.4 Å². The second kappa shape index (κ2) is 16.0. The number of methoxy groups -OCH3 is 2. The third-order valence-corrected chi connectivity index (χ3v) is 7.58. The fraction of sp³-hybridized carbons (Fsp3) is 0.303. The molecule has 0 radical (unpaired) electrons. The van der Waals surface area contributed by atoms with Gasteiger partial charge in [0.1, 0.15) is 13.2 Å². The van der Waals surface area contributed by atoms with Gasteiger partial charge in [-0.2, -0.15) is 5.10 Å². The molecule has 0 saturated heterocycles. The van der Waals surface area contributed by atoms with Crippen LogP contribution in [-0.2, 0) is 16.1 Å². The number of carbonyl (C=O) groups is 2. The van der Waals surface area contributed by atoms with E-state index in [4.69, 9.17) is 23.7 Å². The van der Waals surface area contributed by atoms with Gasteiger partial charge in [0.25, 0.3) is 0 Å². The van der Waals surface area contributed by atoms with E-state index >= 15 is 0 Å². The number of nitrogens with zero attached hydrogens (tertiary/aromatic N) is 1. The van der Waals surface area contributed by atoms with Crippen molar-refractivity contribution >= 4 is 34.1 Å². The van der Waals surface area contributed by atoms with Gasteiger partial charge < -0.3 is 39.4 Å². The van der Waals surface area contributed by atoms with Gasteiger partial charge in [-0.25, -0.2) is 9.59 Å². The number of carbonyl (C=O) groups excluding carboxylic acids is 2. The maximum atomic E-state index is 12.5. The van der Waals surface area contributed by atoms with Crippen LogP contribution >= 0.6 is 15.9 Å². The number of halogens is 1. The zero-order valence-corrected chi connectivity index (χ0v) is 27.8. The molecule has 1 aliphatic rings. The molecule has 3 aromatic rings. The van der Waals surface area contributed by atoms with Crippen molar-refractivity contribution < 1.29 is 38.4 Å². The van der Waals surface area contributed by atoms with Crippen molar-refractivity contribution in [1.82, 2.24) is 16.1 Å². The van der Waals surface area contributed by atoms with Gasteiger partial charge in [0.15, 0.2) is 29.2 Å². The summed E-state index contributed by atoms with van der Waals surface area (Å²) < 4.78 is 28.7. The van der Waals surface area contributed by atoms with Crippen LogP contribution in [0.5, 0.6) is 23.0 Å². The number of urea groups is 1. The third kappa shape index (κ3) is 8.70. The Kier molecular flexibility index (Phi) is 11.9. The summed E-state index contributed by atoms with van der Waals surface area (Å²) in [5, 5.41) is 20.0. The molecule has 12 nitrogen and oxygen atoms in total. The minimum atomic E-state index is -1.16. The molecular formula is C33H37BrN4O8. The molecule has 0 fully saturated rings. The van der Waals surface area contributed by atoms with Crippen molar-refractivity contribution in [3.05, 3.63) is 92.6 Å². The van der Waals surface area contributed by atoms with E-state index in [2.05, 4.69) is 37.1 Å². The number of amides is 2. The standard InChI is InChI=1S/C33H37BrN4O8/c1-6-44-27-13-22(31-30(32(40)43-5)20(3)36-33(41)37-31)11-12-25(27)46-18-29(39)38-35-16-23-14-26(42-4)28(15-24(23)34)45-17-21-9-7-19(2)8-10-21/h7-16,29,31,38-39H,6,17-18H2,1-5H3,(H2,36,37,41)/b35-16-/t29-,31-/m0/s1. The SMILES string of the molecule is CCOc1cc([C@@H]2NC(=O)NC(C)=C2C(=O)OC)ccc1OC[C@H](O)N/N=C\c1cc(OC)c(OCc2ccc(C)cc2)cc1Br. The van der Waals surface area contributed by atoms with Crippen LogP contribution in [-0.4, -0.2) is 57.0 Å². The number of aliphatic hydroxyl groups is 1. The molecule has 2 atom stereocenters. The summed E-state index contributed by atoms with van der Waals surface area (Å²) in [6.45, 7) is 6.03. The highest BCUT2D eigenvalue weighted by Crippen LogP contribution is 2.35. The lowest BCUT2D eigenvalue weighted by Gasteiger charge is -2.28. The Balaban J connectivity index is 1.39. The van der Waals surface area contributed by atoms with Crippen molar-refractivity contribution in [1.29, 1.82) is 0 Å². The monoisotopic (exact) mass is 696 g/mol. The summed E-state index contributed by atoms with van der Waals surface area (Å²) in [6.07, 6.45) is 0.366. The predicted octanol–water partition coefficient (Wildman–Crippen LogP) is 4.87. The first-order chi connectivity index (χ1) is 22.1. The molecule has 3 aromatic carbocycles. The Bertz CT molecular complexity index is 1610. The molecule has 13 heteroatoms. The number of hydrazone groups is 1. The Morgan fingerprint density at radius 3 is 2.46 bits per heavy atom. The molecule has 0 bridgehead atoms. The van der Waals surface area contributed by atoms with Gasteiger partial charge in [0, 0.05) is 15.7 Å². The lowest BCUT2D eigenvalue weighted by Crippen LogP contribution is -2.45. The highest BCUT2D eigenvalue weighted by atomic mass is 79.9. The molecule has 46 heavy (non-hydrogen) atoms. The summed E-state index contributed by atoms with van der Waals surface area (Å²) in [5.74, 6) is 1.24. The summed E-state index contributed by atoms with van der Waals surface area (Å²) in [4.78, 5) is 24.6.